The molecular formula is C19H28O3. The molecule has 3 nitrogen and oxygen atoms in total. The normalized spacial score (nSPS) is 26.4. The summed E-state index contributed by atoms with van der Waals surface area (Å²) in [6, 6.07) is 0. The van der Waals surface area contributed by atoms with Crippen molar-refractivity contribution in [2.75, 3.05) is 13.2 Å². The Morgan fingerprint density at radius 1 is 1.41 bits per heavy atom. The van der Waals surface area contributed by atoms with E-state index in [1.54, 1.807) is 6.08 Å². The number of carbonyl (C=O) groups excluding carboxylic acids is 1. The molecule has 22 heavy (non-hydrogen) atoms. The molecule has 0 aromatic rings. The Morgan fingerprint density at radius 2 is 2.18 bits per heavy atom. The number of ether oxygens (including phenoxy) is 2. The van der Waals surface area contributed by atoms with Gasteiger partial charge >= 0.3 is 0 Å². The smallest absolute Gasteiger partial charge is 0.159 e. The fraction of sp³-hybridized carbons (Fsp3) is 0.632. The molecule has 2 rings (SSSR count). The van der Waals surface area contributed by atoms with Crippen LogP contribution in [0, 0.1) is 11.8 Å². The molecule has 0 amide bonds. The van der Waals surface area contributed by atoms with Gasteiger partial charge in [0.05, 0.1) is 6.10 Å². The second-order valence-electron chi connectivity index (χ2n) is 6.42. The number of carbonyl (C=O) groups is 1. The van der Waals surface area contributed by atoms with Crippen LogP contribution in [-0.2, 0) is 14.3 Å². The molecule has 0 spiro atoms. The van der Waals surface area contributed by atoms with Crippen LogP contribution in [0.4, 0.5) is 0 Å². The van der Waals surface area contributed by atoms with Crippen LogP contribution < -0.4 is 0 Å². The van der Waals surface area contributed by atoms with E-state index in [0.717, 1.165) is 31.6 Å². The first kappa shape index (κ1) is 17.0. The second kappa shape index (κ2) is 7.77. The van der Waals surface area contributed by atoms with Crippen molar-refractivity contribution in [2.45, 2.75) is 52.6 Å². The highest BCUT2D eigenvalue weighted by atomic mass is 16.5. The van der Waals surface area contributed by atoms with E-state index < -0.39 is 0 Å². The standard InChI is InChI=1S/C19H28O3/c1-5-21-14(4)19-10-15(6-9-18(19)13(2)3)12-22-17-8-7-16(20)11-17/h10-11,14,18-19H,2,5-9,12H2,1,3-4H3/t14?,18-,19?/m1/s1. The molecule has 0 saturated carbocycles. The summed E-state index contributed by atoms with van der Waals surface area (Å²) < 4.78 is 11.6. The summed E-state index contributed by atoms with van der Waals surface area (Å²) in [5, 5.41) is 0. The molecular weight excluding hydrogens is 276 g/mol. The van der Waals surface area contributed by atoms with Crippen molar-refractivity contribution in [2.24, 2.45) is 11.8 Å². The van der Waals surface area contributed by atoms with E-state index in [9.17, 15) is 4.79 Å². The van der Waals surface area contributed by atoms with Crippen LogP contribution in [0.25, 0.3) is 0 Å². The predicted molar refractivity (Wildman–Crippen MR) is 88.5 cm³/mol. The van der Waals surface area contributed by atoms with Gasteiger partial charge in [-0.25, -0.2) is 0 Å². The molecule has 122 valence electrons. The molecule has 0 heterocycles. The maximum atomic E-state index is 11.2. The van der Waals surface area contributed by atoms with Crippen LogP contribution in [0.3, 0.4) is 0 Å². The van der Waals surface area contributed by atoms with Crippen molar-refractivity contribution in [1.82, 2.24) is 0 Å². The molecule has 3 heteroatoms. The van der Waals surface area contributed by atoms with Gasteiger partial charge in [0.25, 0.3) is 0 Å². The Kier molecular flexibility index (Phi) is 6.01. The zero-order valence-corrected chi connectivity index (χ0v) is 14.1. The minimum Gasteiger partial charge on any atom is -0.493 e. The fourth-order valence-corrected chi connectivity index (χ4v) is 3.41. The lowest BCUT2D eigenvalue weighted by Gasteiger charge is -2.34. The molecule has 0 saturated heterocycles. The lowest BCUT2D eigenvalue weighted by Crippen LogP contribution is -2.30. The Hall–Kier alpha value is -1.35. The molecule has 0 fully saturated rings. The highest BCUT2D eigenvalue weighted by Gasteiger charge is 2.30. The molecule has 3 atom stereocenters. The van der Waals surface area contributed by atoms with Crippen molar-refractivity contribution in [1.29, 1.82) is 0 Å². The monoisotopic (exact) mass is 304 g/mol. The number of ketones is 1. The predicted octanol–water partition coefficient (Wildman–Crippen LogP) is 4.20. The topological polar surface area (TPSA) is 35.5 Å². The van der Waals surface area contributed by atoms with Gasteiger partial charge in [-0.2, -0.15) is 0 Å². The third-order valence-corrected chi connectivity index (χ3v) is 4.66. The number of hydrogen-bond donors (Lipinski definition) is 0. The second-order valence-corrected chi connectivity index (χ2v) is 6.42. The zero-order valence-electron chi connectivity index (χ0n) is 14.1. The molecule has 0 aromatic heterocycles. The maximum Gasteiger partial charge on any atom is 0.159 e. The first-order chi connectivity index (χ1) is 10.5. The lowest BCUT2D eigenvalue weighted by molar-refractivity contribution is -0.114. The third-order valence-electron chi connectivity index (χ3n) is 4.66. The largest absolute Gasteiger partial charge is 0.493 e. The summed E-state index contributed by atoms with van der Waals surface area (Å²) in [4.78, 5) is 11.2. The Morgan fingerprint density at radius 3 is 2.77 bits per heavy atom. The molecule has 2 aliphatic rings. The van der Waals surface area contributed by atoms with E-state index in [-0.39, 0.29) is 11.9 Å². The Balaban J connectivity index is 2.01. The minimum absolute atomic E-state index is 0.179. The third kappa shape index (κ3) is 4.33. The number of hydrogen-bond acceptors (Lipinski definition) is 3. The van der Waals surface area contributed by atoms with Gasteiger partial charge in [0, 0.05) is 31.4 Å². The number of rotatable bonds is 7. The average Bonchev–Trinajstić information content (AvgIpc) is 2.90. The van der Waals surface area contributed by atoms with Crippen LogP contribution in [0.1, 0.15) is 46.5 Å². The van der Waals surface area contributed by atoms with Crippen LogP contribution in [-0.4, -0.2) is 25.1 Å². The van der Waals surface area contributed by atoms with Gasteiger partial charge < -0.3 is 9.47 Å². The van der Waals surface area contributed by atoms with E-state index in [1.807, 2.05) is 6.92 Å². The summed E-state index contributed by atoms with van der Waals surface area (Å²) in [7, 11) is 0. The molecule has 0 aliphatic heterocycles. The van der Waals surface area contributed by atoms with Crippen molar-refractivity contribution in [3.8, 4) is 0 Å². The Bertz CT molecular complexity index is 487. The fourth-order valence-electron chi connectivity index (χ4n) is 3.41. The quantitative estimate of drug-likeness (QED) is 0.661. The van der Waals surface area contributed by atoms with Crippen LogP contribution in [0.5, 0.6) is 0 Å². The van der Waals surface area contributed by atoms with E-state index >= 15 is 0 Å². The zero-order chi connectivity index (χ0) is 16.1. The molecule has 0 radical (unpaired) electrons. The van der Waals surface area contributed by atoms with E-state index in [0.29, 0.717) is 24.9 Å². The summed E-state index contributed by atoms with van der Waals surface area (Å²) in [6.07, 6.45) is 7.63. The summed E-state index contributed by atoms with van der Waals surface area (Å²) in [6.45, 7) is 11.8. The van der Waals surface area contributed by atoms with Crippen LogP contribution >= 0.6 is 0 Å². The molecule has 2 aliphatic carbocycles. The summed E-state index contributed by atoms with van der Waals surface area (Å²) in [5.74, 6) is 1.86. The maximum absolute atomic E-state index is 11.2. The minimum atomic E-state index is 0.179. The van der Waals surface area contributed by atoms with Crippen molar-refractivity contribution in [3.63, 3.8) is 0 Å². The first-order valence-corrected chi connectivity index (χ1v) is 8.34. The van der Waals surface area contributed by atoms with Gasteiger partial charge in [0.2, 0.25) is 0 Å². The first-order valence-electron chi connectivity index (χ1n) is 8.34. The van der Waals surface area contributed by atoms with Gasteiger partial charge in [-0.05, 0) is 45.1 Å². The van der Waals surface area contributed by atoms with Crippen molar-refractivity contribution < 1.29 is 14.3 Å². The highest BCUT2D eigenvalue weighted by molar-refractivity contribution is 5.92. The molecule has 0 N–H and O–H groups in total. The van der Waals surface area contributed by atoms with Gasteiger partial charge in [0.15, 0.2) is 5.78 Å². The summed E-state index contributed by atoms with van der Waals surface area (Å²) in [5.41, 5.74) is 2.55. The van der Waals surface area contributed by atoms with E-state index in [4.69, 9.17) is 9.47 Å². The average molecular weight is 304 g/mol. The van der Waals surface area contributed by atoms with Crippen LogP contribution in [0.15, 0.2) is 35.6 Å². The molecule has 0 bridgehead atoms. The highest BCUT2D eigenvalue weighted by Crippen LogP contribution is 2.36. The SMILES string of the molecule is C=C(C)[C@H]1CCC(COC2=CC(=O)CC2)=CC1C(C)OCC. The van der Waals surface area contributed by atoms with Gasteiger partial charge in [-0.3, -0.25) is 4.79 Å². The van der Waals surface area contributed by atoms with Gasteiger partial charge in [-0.1, -0.05) is 18.2 Å². The summed E-state index contributed by atoms with van der Waals surface area (Å²) >= 11 is 0. The molecule has 2 unspecified atom stereocenters. The van der Waals surface area contributed by atoms with Crippen LogP contribution in [0.2, 0.25) is 0 Å². The Labute approximate surface area is 134 Å². The van der Waals surface area contributed by atoms with E-state index in [1.165, 1.54) is 11.1 Å². The van der Waals surface area contributed by atoms with Gasteiger partial charge in [-0.15, -0.1) is 0 Å². The van der Waals surface area contributed by atoms with Crippen molar-refractivity contribution >= 4 is 5.78 Å². The number of allylic oxidation sites excluding steroid dienone is 3. The van der Waals surface area contributed by atoms with Crippen molar-refractivity contribution in [3.05, 3.63) is 35.6 Å². The van der Waals surface area contributed by atoms with E-state index in [2.05, 4.69) is 26.5 Å². The lowest BCUT2D eigenvalue weighted by atomic mass is 9.75. The molecule has 0 aromatic carbocycles. The van der Waals surface area contributed by atoms with Gasteiger partial charge in [0.1, 0.15) is 12.4 Å².